The van der Waals surface area contributed by atoms with Gasteiger partial charge >= 0.3 is 0 Å². The zero-order chi connectivity index (χ0) is 17.2. The monoisotopic (exact) mass is 338 g/mol. The van der Waals surface area contributed by atoms with Gasteiger partial charge in [0.25, 0.3) is 0 Å². The normalized spacial score (nSPS) is 20.6. The Hall–Kier alpha value is -2.14. The fourth-order valence-electron chi connectivity index (χ4n) is 3.59. The molecule has 0 bridgehead atoms. The van der Waals surface area contributed by atoms with Crippen LogP contribution in [0.1, 0.15) is 36.6 Å². The lowest BCUT2D eigenvalue weighted by Crippen LogP contribution is -2.35. The highest BCUT2D eigenvalue weighted by Gasteiger charge is 2.29. The lowest BCUT2D eigenvalue weighted by Gasteiger charge is -2.26. The second-order valence-electron chi connectivity index (χ2n) is 7.19. The maximum Gasteiger partial charge on any atom is 0.133 e. The minimum atomic E-state index is 0.507. The standard InChI is InChI=1S/C20H26N4O/c1-23(19-8-10-21-20(22-19)16-6-7-16)17-9-11-24(14-17)13-15-4-3-5-18(12-15)25-2/h3-5,8,10,12,16-17H,6-7,9,11,13-14H2,1-2H3. The molecule has 25 heavy (non-hydrogen) atoms. The van der Waals surface area contributed by atoms with E-state index in [1.165, 1.54) is 24.8 Å². The first kappa shape index (κ1) is 16.3. The van der Waals surface area contributed by atoms with Gasteiger partial charge in [-0.25, -0.2) is 9.97 Å². The Morgan fingerprint density at radius 2 is 2.12 bits per heavy atom. The molecule has 2 fully saturated rings. The second kappa shape index (κ2) is 7.00. The summed E-state index contributed by atoms with van der Waals surface area (Å²) in [5.41, 5.74) is 1.31. The van der Waals surface area contributed by atoms with Crippen molar-refractivity contribution in [1.29, 1.82) is 0 Å². The van der Waals surface area contributed by atoms with Crippen molar-refractivity contribution in [3.05, 3.63) is 47.9 Å². The molecule has 1 saturated carbocycles. The van der Waals surface area contributed by atoms with Crippen molar-refractivity contribution in [2.75, 3.05) is 32.1 Å². The number of anilines is 1. The molecule has 0 N–H and O–H groups in total. The van der Waals surface area contributed by atoms with E-state index in [0.717, 1.165) is 37.0 Å². The quantitative estimate of drug-likeness (QED) is 0.810. The first-order valence-corrected chi connectivity index (χ1v) is 9.14. The summed E-state index contributed by atoms with van der Waals surface area (Å²) in [4.78, 5) is 14.1. The van der Waals surface area contributed by atoms with E-state index in [4.69, 9.17) is 9.72 Å². The molecular formula is C20H26N4O. The first-order valence-electron chi connectivity index (χ1n) is 9.14. The summed E-state index contributed by atoms with van der Waals surface area (Å²) in [6, 6.07) is 10.9. The second-order valence-corrected chi connectivity index (χ2v) is 7.19. The number of hydrogen-bond donors (Lipinski definition) is 0. The van der Waals surface area contributed by atoms with E-state index in [1.807, 2.05) is 18.3 Å². The molecule has 1 unspecified atom stereocenters. The summed E-state index contributed by atoms with van der Waals surface area (Å²) < 4.78 is 5.33. The number of aromatic nitrogens is 2. The molecule has 1 atom stereocenters. The van der Waals surface area contributed by atoms with Crippen molar-refractivity contribution >= 4 is 5.82 Å². The lowest BCUT2D eigenvalue weighted by atomic mass is 10.2. The number of rotatable bonds is 6. The van der Waals surface area contributed by atoms with E-state index in [0.29, 0.717) is 12.0 Å². The topological polar surface area (TPSA) is 41.5 Å². The van der Waals surface area contributed by atoms with Gasteiger partial charge in [0.2, 0.25) is 0 Å². The molecule has 0 amide bonds. The van der Waals surface area contributed by atoms with Gasteiger partial charge in [-0.1, -0.05) is 12.1 Å². The number of methoxy groups -OCH3 is 1. The average molecular weight is 338 g/mol. The Bertz CT molecular complexity index is 731. The summed E-state index contributed by atoms with van der Waals surface area (Å²) >= 11 is 0. The van der Waals surface area contributed by atoms with Crippen molar-refractivity contribution in [1.82, 2.24) is 14.9 Å². The van der Waals surface area contributed by atoms with Gasteiger partial charge in [0.1, 0.15) is 17.4 Å². The van der Waals surface area contributed by atoms with Crippen molar-refractivity contribution in [2.45, 2.75) is 37.8 Å². The van der Waals surface area contributed by atoms with Crippen LogP contribution < -0.4 is 9.64 Å². The molecule has 1 aromatic heterocycles. The number of nitrogens with zero attached hydrogens (tertiary/aromatic N) is 4. The highest BCUT2D eigenvalue weighted by atomic mass is 16.5. The van der Waals surface area contributed by atoms with Crippen LogP contribution >= 0.6 is 0 Å². The Morgan fingerprint density at radius 1 is 1.24 bits per heavy atom. The largest absolute Gasteiger partial charge is 0.497 e. The molecular weight excluding hydrogens is 312 g/mol. The van der Waals surface area contributed by atoms with Crippen LogP contribution in [0.2, 0.25) is 0 Å². The Kier molecular flexibility index (Phi) is 4.57. The van der Waals surface area contributed by atoms with Crippen molar-refractivity contribution in [2.24, 2.45) is 0 Å². The van der Waals surface area contributed by atoms with Crippen LogP contribution in [0.5, 0.6) is 5.75 Å². The summed E-state index contributed by atoms with van der Waals surface area (Å²) in [7, 11) is 3.89. The highest BCUT2D eigenvalue weighted by Crippen LogP contribution is 2.38. The third-order valence-corrected chi connectivity index (χ3v) is 5.30. The van der Waals surface area contributed by atoms with Crippen LogP contribution in [0.3, 0.4) is 0 Å². The van der Waals surface area contributed by atoms with E-state index in [-0.39, 0.29) is 0 Å². The number of likely N-dealkylation sites (N-methyl/N-ethyl adjacent to an activating group) is 1. The Morgan fingerprint density at radius 3 is 2.92 bits per heavy atom. The molecule has 1 aromatic carbocycles. The molecule has 2 heterocycles. The predicted molar refractivity (Wildman–Crippen MR) is 99.1 cm³/mol. The maximum absolute atomic E-state index is 5.33. The van der Waals surface area contributed by atoms with Gasteiger partial charge in [0, 0.05) is 44.8 Å². The minimum absolute atomic E-state index is 0.507. The molecule has 132 valence electrons. The van der Waals surface area contributed by atoms with Gasteiger partial charge < -0.3 is 9.64 Å². The van der Waals surface area contributed by atoms with Crippen molar-refractivity contribution in [3.8, 4) is 5.75 Å². The summed E-state index contributed by atoms with van der Waals surface area (Å²) in [5.74, 6) is 3.61. The van der Waals surface area contributed by atoms with Gasteiger partial charge in [0.15, 0.2) is 0 Å². The molecule has 4 rings (SSSR count). The maximum atomic E-state index is 5.33. The van der Waals surface area contributed by atoms with Crippen molar-refractivity contribution in [3.63, 3.8) is 0 Å². The van der Waals surface area contributed by atoms with Gasteiger partial charge in [-0.2, -0.15) is 0 Å². The number of ether oxygens (including phenoxy) is 1. The van der Waals surface area contributed by atoms with E-state index in [2.05, 4.69) is 40.0 Å². The Labute approximate surface area is 149 Å². The van der Waals surface area contributed by atoms with Gasteiger partial charge in [-0.3, -0.25) is 4.90 Å². The SMILES string of the molecule is COc1cccc(CN2CCC(N(C)c3ccnc(C4CC4)n3)C2)c1. The summed E-state index contributed by atoms with van der Waals surface area (Å²) in [6.45, 7) is 3.15. The van der Waals surface area contributed by atoms with E-state index >= 15 is 0 Å². The summed E-state index contributed by atoms with van der Waals surface area (Å²) in [6.07, 6.45) is 5.56. The van der Waals surface area contributed by atoms with E-state index in [1.54, 1.807) is 7.11 Å². The minimum Gasteiger partial charge on any atom is -0.497 e. The van der Waals surface area contributed by atoms with Crippen LogP contribution in [-0.4, -0.2) is 48.2 Å². The molecule has 2 aliphatic rings. The van der Waals surface area contributed by atoms with Gasteiger partial charge in [-0.05, 0) is 43.0 Å². The molecule has 5 nitrogen and oxygen atoms in total. The molecule has 0 radical (unpaired) electrons. The smallest absolute Gasteiger partial charge is 0.133 e. The molecule has 1 aliphatic carbocycles. The van der Waals surface area contributed by atoms with Gasteiger partial charge in [0.05, 0.1) is 7.11 Å². The number of likely N-dealkylation sites (tertiary alicyclic amines) is 1. The zero-order valence-electron chi connectivity index (χ0n) is 15.1. The predicted octanol–water partition coefficient (Wildman–Crippen LogP) is 3.07. The fraction of sp³-hybridized carbons (Fsp3) is 0.500. The number of benzene rings is 1. The third kappa shape index (κ3) is 3.76. The van der Waals surface area contributed by atoms with Crippen LogP contribution in [-0.2, 0) is 6.54 Å². The van der Waals surface area contributed by atoms with Crippen molar-refractivity contribution < 1.29 is 4.74 Å². The third-order valence-electron chi connectivity index (χ3n) is 5.30. The molecule has 0 spiro atoms. The lowest BCUT2D eigenvalue weighted by molar-refractivity contribution is 0.325. The van der Waals surface area contributed by atoms with E-state index < -0.39 is 0 Å². The average Bonchev–Trinajstić information content (AvgIpc) is 3.41. The van der Waals surface area contributed by atoms with Crippen LogP contribution in [0.4, 0.5) is 5.82 Å². The fourth-order valence-corrected chi connectivity index (χ4v) is 3.59. The van der Waals surface area contributed by atoms with Gasteiger partial charge in [-0.15, -0.1) is 0 Å². The Balaban J connectivity index is 1.38. The van der Waals surface area contributed by atoms with Crippen LogP contribution in [0.15, 0.2) is 36.5 Å². The molecule has 1 aliphatic heterocycles. The van der Waals surface area contributed by atoms with Crippen LogP contribution in [0.25, 0.3) is 0 Å². The zero-order valence-corrected chi connectivity index (χ0v) is 15.1. The molecule has 1 saturated heterocycles. The molecule has 5 heteroatoms. The van der Waals surface area contributed by atoms with E-state index in [9.17, 15) is 0 Å². The first-order chi connectivity index (χ1) is 12.2. The summed E-state index contributed by atoms with van der Waals surface area (Å²) in [5, 5.41) is 0. The van der Waals surface area contributed by atoms with Crippen LogP contribution in [0, 0.1) is 0 Å². The number of hydrogen-bond acceptors (Lipinski definition) is 5. The molecule has 2 aromatic rings. The highest BCUT2D eigenvalue weighted by molar-refractivity contribution is 5.39.